The Hall–Kier alpha value is -2.98. The summed E-state index contributed by atoms with van der Waals surface area (Å²) in [4.78, 5) is 3.67. The summed E-state index contributed by atoms with van der Waals surface area (Å²) in [6, 6.07) is 8.41. The van der Waals surface area contributed by atoms with E-state index >= 15 is 0 Å². The Labute approximate surface area is 137 Å². The number of aryl methyl sites for hydroxylation is 1. The van der Waals surface area contributed by atoms with Crippen LogP contribution < -0.4 is 4.74 Å². The van der Waals surface area contributed by atoms with Gasteiger partial charge in [0, 0.05) is 30.3 Å². The Balaban J connectivity index is 2.23. The lowest BCUT2D eigenvalue weighted by atomic mass is 10.0. The Morgan fingerprint density at radius 2 is 2.21 bits per heavy atom. The van der Waals surface area contributed by atoms with Gasteiger partial charge in [-0.2, -0.15) is 14.8 Å². The molecule has 24 heavy (non-hydrogen) atoms. The third kappa shape index (κ3) is 2.92. The fourth-order valence-electron chi connectivity index (χ4n) is 2.50. The molecule has 122 valence electrons. The molecule has 0 aliphatic carbocycles. The van der Waals surface area contributed by atoms with Gasteiger partial charge in [0.15, 0.2) is 5.69 Å². The summed E-state index contributed by atoms with van der Waals surface area (Å²) in [5.41, 5.74) is 2.29. The second-order valence-electron chi connectivity index (χ2n) is 5.48. The van der Waals surface area contributed by atoms with Gasteiger partial charge >= 0.3 is 0 Å². The molecule has 1 unspecified atom stereocenters. The number of pyridine rings is 1. The first-order valence-corrected chi connectivity index (χ1v) is 7.33. The summed E-state index contributed by atoms with van der Waals surface area (Å²) in [5, 5.41) is 23.6. The van der Waals surface area contributed by atoms with Crippen LogP contribution in [0.15, 0.2) is 30.5 Å². The molecule has 1 N–H and O–H groups in total. The van der Waals surface area contributed by atoms with Gasteiger partial charge in [-0.3, -0.25) is 4.68 Å². The van der Waals surface area contributed by atoms with E-state index < -0.39 is 12.1 Å². The average molecular weight is 326 g/mol. The summed E-state index contributed by atoms with van der Waals surface area (Å²) in [7, 11) is 1.73. The minimum absolute atomic E-state index is 0.134. The number of aliphatic hydroxyl groups is 1. The molecule has 3 rings (SSSR count). The van der Waals surface area contributed by atoms with Crippen molar-refractivity contribution in [1.82, 2.24) is 14.8 Å². The number of aromatic nitrogens is 3. The number of halogens is 1. The normalized spacial score (nSPS) is 12.1. The van der Waals surface area contributed by atoms with Gasteiger partial charge in [-0.25, -0.2) is 4.98 Å². The highest BCUT2D eigenvalue weighted by Crippen LogP contribution is 2.34. The Kier molecular flexibility index (Phi) is 4.15. The monoisotopic (exact) mass is 326 g/mol. The Morgan fingerprint density at radius 3 is 2.83 bits per heavy atom. The summed E-state index contributed by atoms with van der Waals surface area (Å²) in [6.45, 7) is 1.76. The average Bonchev–Trinajstić information content (AvgIpc) is 2.89. The van der Waals surface area contributed by atoms with Crippen LogP contribution in [0.4, 0.5) is 4.39 Å². The lowest BCUT2D eigenvalue weighted by Gasteiger charge is -2.11. The van der Waals surface area contributed by atoms with Crippen molar-refractivity contribution in [3.8, 4) is 22.9 Å². The van der Waals surface area contributed by atoms with Crippen LogP contribution in [0, 0.1) is 17.3 Å². The van der Waals surface area contributed by atoms with E-state index in [-0.39, 0.29) is 12.3 Å². The number of rotatable bonds is 4. The summed E-state index contributed by atoms with van der Waals surface area (Å²) in [6.07, 6.45) is 0.786. The molecule has 1 aromatic carbocycles. The molecule has 0 aliphatic rings. The largest absolute Gasteiger partial charge is 0.491 e. The highest BCUT2D eigenvalue weighted by Gasteiger charge is 2.17. The summed E-state index contributed by atoms with van der Waals surface area (Å²) < 4.78 is 20.3. The number of ether oxygens (including phenoxy) is 1. The van der Waals surface area contributed by atoms with Crippen LogP contribution in [0.1, 0.15) is 12.6 Å². The molecular weight excluding hydrogens is 311 g/mol. The van der Waals surface area contributed by atoms with Gasteiger partial charge in [-0.15, -0.1) is 0 Å². The van der Waals surface area contributed by atoms with E-state index in [2.05, 4.69) is 16.2 Å². The topological polar surface area (TPSA) is 84.0 Å². The van der Waals surface area contributed by atoms with E-state index in [1.807, 2.05) is 0 Å². The fourth-order valence-corrected chi connectivity index (χ4v) is 2.50. The van der Waals surface area contributed by atoms with Crippen LogP contribution >= 0.6 is 0 Å². The summed E-state index contributed by atoms with van der Waals surface area (Å²) >= 11 is 0. The number of nitriles is 1. The highest BCUT2D eigenvalue weighted by atomic mass is 19.1. The van der Waals surface area contributed by atoms with Crippen molar-refractivity contribution < 1.29 is 14.2 Å². The SMILES string of the molecule is CC(O)COc1cc(-c2ccc(F)nc2)c2c(C#N)nn(C)c2c1. The molecule has 0 fully saturated rings. The first-order chi connectivity index (χ1) is 11.5. The number of hydrogen-bond donors (Lipinski definition) is 1. The molecular formula is C17H15FN4O2. The minimum atomic E-state index is -0.613. The van der Waals surface area contributed by atoms with E-state index in [4.69, 9.17) is 4.74 Å². The second-order valence-corrected chi connectivity index (χ2v) is 5.48. The van der Waals surface area contributed by atoms with Gasteiger partial charge in [-0.05, 0) is 30.7 Å². The Morgan fingerprint density at radius 1 is 1.42 bits per heavy atom. The zero-order valence-corrected chi connectivity index (χ0v) is 13.2. The third-order valence-corrected chi connectivity index (χ3v) is 3.56. The number of fused-ring (bicyclic) bond motifs is 1. The lowest BCUT2D eigenvalue weighted by molar-refractivity contribution is 0.123. The van der Waals surface area contributed by atoms with Crippen molar-refractivity contribution in [1.29, 1.82) is 5.26 Å². The lowest BCUT2D eigenvalue weighted by Crippen LogP contribution is -2.12. The predicted octanol–water partition coefficient (Wildman–Crippen LogP) is 2.41. The Bertz CT molecular complexity index is 926. The zero-order chi connectivity index (χ0) is 17.3. The molecule has 3 aromatic rings. The van der Waals surface area contributed by atoms with E-state index in [0.29, 0.717) is 27.8 Å². The van der Waals surface area contributed by atoms with Crippen LogP contribution in [0.2, 0.25) is 0 Å². The number of nitrogens with zero attached hydrogens (tertiary/aromatic N) is 4. The quantitative estimate of drug-likeness (QED) is 0.744. The molecule has 0 amide bonds. The molecule has 0 saturated carbocycles. The van der Waals surface area contributed by atoms with Crippen LogP contribution in [0.25, 0.3) is 22.0 Å². The molecule has 0 saturated heterocycles. The molecule has 2 heterocycles. The molecule has 1 atom stereocenters. The van der Waals surface area contributed by atoms with E-state index in [1.54, 1.807) is 36.9 Å². The highest BCUT2D eigenvalue weighted by molar-refractivity contribution is 5.99. The maximum absolute atomic E-state index is 13.1. The first kappa shape index (κ1) is 15.9. The van der Waals surface area contributed by atoms with Crippen molar-refractivity contribution in [2.24, 2.45) is 7.05 Å². The van der Waals surface area contributed by atoms with Crippen molar-refractivity contribution in [3.05, 3.63) is 42.1 Å². The van der Waals surface area contributed by atoms with E-state index in [1.165, 1.54) is 12.3 Å². The molecule has 0 spiro atoms. The third-order valence-electron chi connectivity index (χ3n) is 3.56. The van der Waals surface area contributed by atoms with Gasteiger partial charge in [0.2, 0.25) is 5.95 Å². The molecule has 7 heteroatoms. The smallest absolute Gasteiger partial charge is 0.212 e. The van der Waals surface area contributed by atoms with Crippen molar-refractivity contribution in [3.63, 3.8) is 0 Å². The van der Waals surface area contributed by atoms with Crippen molar-refractivity contribution >= 4 is 10.9 Å². The predicted molar refractivity (Wildman–Crippen MR) is 85.8 cm³/mol. The number of benzene rings is 1. The second kappa shape index (κ2) is 6.26. The minimum Gasteiger partial charge on any atom is -0.491 e. The maximum Gasteiger partial charge on any atom is 0.212 e. The van der Waals surface area contributed by atoms with Crippen molar-refractivity contribution in [2.75, 3.05) is 6.61 Å². The van der Waals surface area contributed by atoms with Gasteiger partial charge in [0.05, 0.1) is 11.6 Å². The zero-order valence-electron chi connectivity index (χ0n) is 13.2. The van der Waals surface area contributed by atoms with Crippen molar-refractivity contribution in [2.45, 2.75) is 13.0 Å². The summed E-state index contributed by atoms with van der Waals surface area (Å²) in [5.74, 6) is -0.0570. The van der Waals surface area contributed by atoms with Crippen LogP contribution in [-0.4, -0.2) is 32.6 Å². The number of hydrogen-bond acceptors (Lipinski definition) is 5. The van der Waals surface area contributed by atoms with Gasteiger partial charge < -0.3 is 9.84 Å². The fraction of sp³-hybridized carbons (Fsp3) is 0.235. The molecule has 6 nitrogen and oxygen atoms in total. The molecule has 0 aliphatic heterocycles. The van der Waals surface area contributed by atoms with Crippen LogP contribution in [0.5, 0.6) is 5.75 Å². The molecule has 0 bridgehead atoms. The standard InChI is InChI=1S/C17H15FN4O2/c1-10(23)9-24-12-5-13(11-3-4-16(18)20-8-11)17-14(7-19)21-22(2)15(17)6-12/h3-6,8,10,23H,9H2,1-2H3. The molecule has 2 aromatic heterocycles. The van der Waals surface area contributed by atoms with Gasteiger partial charge in [0.1, 0.15) is 18.4 Å². The maximum atomic E-state index is 13.1. The van der Waals surface area contributed by atoms with Crippen LogP contribution in [0.3, 0.4) is 0 Å². The number of aliphatic hydroxyl groups excluding tert-OH is 1. The first-order valence-electron chi connectivity index (χ1n) is 7.33. The van der Waals surface area contributed by atoms with E-state index in [9.17, 15) is 14.8 Å². The van der Waals surface area contributed by atoms with Gasteiger partial charge in [0.25, 0.3) is 0 Å². The van der Waals surface area contributed by atoms with Crippen LogP contribution in [-0.2, 0) is 7.05 Å². The van der Waals surface area contributed by atoms with Gasteiger partial charge in [-0.1, -0.05) is 0 Å². The van der Waals surface area contributed by atoms with E-state index in [0.717, 1.165) is 0 Å². The molecule has 0 radical (unpaired) electrons.